The van der Waals surface area contributed by atoms with Gasteiger partial charge in [0.15, 0.2) is 5.13 Å². The zero-order valence-electron chi connectivity index (χ0n) is 11.1. The average Bonchev–Trinajstić information content (AvgIpc) is 2.99. The molecule has 0 aliphatic carbocycles. The minimum Gasteiger partial charge on any atom is -0.301 e. The third-order valence-electron chi connectivity index (χ3n) is 3.49. The minimum absolute atomic E-state index is 0.0301. The van der Waals surface area contributed by atoms with Gasteiger partial charge in [-0.3, -0.25) is 9.69 Å². The summed E-state index contributed by atoms with van der Waals surface area (Å²) in [5, 5.41) is 5.32. The summed E-state index contributed by atoms with van der Waals surface area (Å²) in [5.41, 5.74) is 2.19. The van der Waals surface area contributed by atoms with Crippen LogP contribution in [0.3, 0.4) is 0 Å². The Morgan fingerprint density at radius 2 is 2.40 bits per heavy atom. The van der Waals surface area contributed by atoms with Crippen LogP contribution >= 0.6 is 11.3 Å². The molecule has 3 heterocycles. The molecule has 3 rings (SSSR count). The topological polar surface area (TPSA) is 71.0 Å². The van der Waals surface area contributed by atoms with Crippen molar-refractivity contribution in [1.82, 2.24) is 19.9 Å². The zero-order chi connectivity index (χ0) is 13.9. The summed E-state index contributed by atoms with van der Waals surface area (Å²) >= 11 is 1.42. The van der Waals surface area contributed by atoms with E-state index in [0.29, 0.717) is 11.7 Å². The van der Waals surface area contributed by atoms with Crippen molar-refractivity contribution in [2.75, 3.05) is 11.9 Å². The maximum Gasteiger partial charge on any atom is 0.243 e. The van der Waals surface area contributed by atoms with Gasteiger partial charge in [-0.1, -0.05) is 0 Å². The molecular weight excluding hydrogens is 274 g/mol. The number of nitrogens with one attached hydrogen (secondary N) is 1. The molecule has 0 aromatic carbocycles. The standard InChI is InChI=1S/C13H15N5OS/c1-9(12(19)17-13-15-3-5-20-13)18-4-2-10-6-14-8-16-11(10)7-18/h3,5-6,8-9H,2,4,7H2,1H3,(H,15,17,19)/t9-/m0/s1. The van der Waals surface area contributed by atoms with E-state index in [1.165, 1.54) is 16.9 Å². The summed E-state index contributed by atoms with van der Waals surface area (Å²) in [5.74, 6) is -0.0301. The first-order valence-corrected chi connectivity index (χ1v) is 7.34. The van der Waals surface area contributed by atoms with Crippen LogP contribution in [0.1, 0.15) is 18.2 Å². The van der Waals surface area contributed by atoms with Crippen LogP contribution < -0.4 is 5.32 Å². The molecule has 0 fully saturated rings. The number of carbonyl (C=O) groups is 1. The van der Waals surface area contributed by atoms with Gasteiger partial charge >= 0.3 is 0 Å². The molecule has 7 heteroatoms. The normalized spacial score (nSPS) is 16.4. The molecule has 0 spiro atoms. The first-order valence-electron chi connectivity index (χ1n) is 6.46. The van der Waals surface area contributed by atoms with Crippen LogP contribution in [-0.2, 0) is 17.8 Å². The lowest BCUT2D eigenvalue weighted by Gasteiger charge is -2.31. The van der Waals surface area contributed by atoms with Gasteiger partial charge in [-0.25, -0.2) is 15.0 Å². The van der Waals surface area contributed by atoms with E-state index < -0.39 is 0 Å². The quantitative estimate of drug-likeness (QED) is 0.922. The van der Waals surface area contributed by atoms with Crippen LogP contribution in [-0.4, -0.2) is 38.3 Å². The highest BCUT2D eigenvalue weighted by molar-refractivity contribution is 7.13. The largest absolute Gasteiger partial charge is 0.301 e. The summed E-state index contributed by atoms with van der Waals surface area (Å²) in [6, 6.07) is -0.206. The summed E-state index contributed by atoms with van der Waals surface area (Å²) in [4.78, 5) is 26.7. The van der Waals surface area contributed by atoms with Crippen LogP contribution in [0.2, 0.25) is 0 Å². The van der Waals surface area contributed by atoms with E-state index in [1.807, 2.05) is 18.5 Å². The van der Waals surface area contributed by atoms with Crippen LogP contribution in [0.25, 0.3) is 0 Å². The fourth-order valence-electron chi connectivity index (χ4n) is 2.26. The second-order valence-corrected chi connectivity index (χ2v) is 5.61. The predicted octanol–water partition coefficient (Wildman–Crippen LogP) is 1.32. The summed E-state index contributed by atoms with van der Waals surface area (Å²) < 4.78 is 0. The van der Waals surface area contributed by atoms with Gasteiger partial charge in [-0.15, -0.1) is 11.3 Å². The molecule has 1 atom stereocenters. The van der Waals surface area contributed by atoms with Gasteiger partial charge in [0, 0.05) is 30.9 Å². The molecular formula is C13H15N5OS. The Morgan fingerprint density at radius 1 is 1.50 bits per heavy atom. The molecule has 0 bridgehead atoms. The monoisotopic (exact) mass is 289 g/mol. The lowest BCUT2D eigenvalue weighted by atomic mass is 10.1. The third-order valence-corrected chi connectivity index (χ3v) is 4.18. The van der Waals surface area contributed by atoms with Gasteiger partial charge in [-0.2, -0.15) is 0 Å². The second-order valence-electron chi connectivity index (χ2n) is 4.72. The van der Waals surface area contributed by atoms with E-state index in [1.54, 1.807) is 12.5 Å². The number of aromatic nitrogens is 3. The zero-order valence-corrected chi connectivity index (χ0v) is 11.9. The van der Waals surface area contributed by atoms with Crippen LogP contribution in [0, 0.1) is 0 Å². The first-order chi connectivity index (χ1) is 9.74. The molecule has 1 aliphatic rings. The van der Waals surface area contributed by atoms with Crippen LogP contribution in [0.5, 0.6) is 0 Å². The van der Waals surface area contributed by atoms with E-state index in [9.17, 15) is 4.79 Å². The van der Waals surface area contributed by atoms with Gasteiger partial charge in [0.25, 0.3) is 0 Å². The number of hydrogen-bond donors (Lipinski definition) is 1. The molecule has 2 aromatic rings. The third kappa shape index (κ3) is 2.68. The molecule has 104 valence electrons. The lowest BCUT2D eigenvalue weighted by Crippen LogP contribution is -2.44. The van der Waals surface area contributed by atoms with Gasteiger partial charge in [-0.05, 0) is 18.9 Å². The maximum absolute atomic E-state index is 12.2. The molecule has 0 saturated carbocycles. The van der Waals surface area contributed by atoms with E-state index in [-0.39, 0.29) is 11.9 Å². The number of amides is 1. The number of hydrogen-bond acceptors (Lipinski definition) is 6. The number of carbonyl (C=O) groups excluding carboxylic acids is 1. The average molecular weight is 289 g/mol. The van der Waals surface area contributed by atoms with E-state index in [0.717, 1.165) is 18.7 Å². The molecule has 6 nitrogen and oxygen atoms in total. The number of fused-ring (bicyclic) bond motifs is 1. The van der Waals surface area contributed by atoms with Crippen molar-refractivity contribution in [3.63, 3.8) is 0 Å². The molecule has 1 N–H and O–H groups in total. The highest BCUT2D eigenvalue weighted by Gasteiger charge is 2.26. The van der Waals surface area contributed by atoms with E-state index in [4.69, 9.17) is 0 Å². The molecule has 20 heavy (non-hydrogen) atoms. The highest BCUT2D eigenvalue weighted by atomic mass is 32.1. The maximum atomic E-state index is 12.2. The smallest absolute Gasteiger partial charge is 0.243 e. The van der Waals surface area contributed by atoms with Gasteiger partial charge in [0.05, 0.1) is 11.7 Å². The molecule has 2 aromatic heterocycles. The van der Waals surface area contributed by atoms with Crippen molar-refractivity contribution in [2.24, 2.45) is 0 Å². The van der Waals surface area contributed by atoms with Crippen molar-refractivity contribution in [2.45, 2.75) is 25.9 Å². The van der Waals surface area contributed by atoms with Gasteiger partial charge in [0.2, 0.25) is 5.91 Å². The van der Waals surface area contributed by atoms with Gasteiger partial charge in [0.1, 0.15) is 6.33 Å². The number of rotatable bonds is 3. The van der Waals surface area contributed by atoms with Crippen molar-refractivity contribution in [1.29, 1.82) is 0 Å². The molecule has 1 aliphatic heterocycles. The summed E-state index contributed by atoms with van der Waals surface area (Å²) in [6.07, 6.45) is 5.98. The SMILES string of the molecule is C[C@@H](C(=O)Nc1nccs1)N1CCc2cncnc2C1. The van der Waals surface area contributed by atoms with Gasteiger partial charge < -0.3 is 5.32 Å². The Labute approximate surface area is 120 Å². The summed E-state index contributed by atoms with van der Waals surface area (Å²) in [7, 11) is 0. The Hall–Kier alpha value is -1.86. The lowest BCUT2D eigenvalue weighted by molar-refractivity contribution is -0.121. The van der Waals surface area contributed by atoms with Crippen LogP contribution in [0.15, 0.2) is 24.1 Å². The number of thiazole rings is 1. The van der Waals surface area contributed by atoms with E-state index >= 15 is 0 Å². The molecule has 0 saturated heterocycles. The summed E-state index contributed by atoms with van der Waals surface area (Å²) in [6.45, 7) is 3.44. The fraction of sp³-hybridized carbons (Fsp3) is 0.385. The second kappa shape index (κ2) is 5.64. The molecule has 0 radical (unpaired) electrons. The Bertz CT molecular complexity index is 601. The number of anilines is 1. The van der Waals surface area contributed by atoms with Crippen LogP contribution in [0.4, 0.5) is 5.13 Å². The predicted molar refractivity (Wildman–Crippen MR) is 76.4 cm³/mol. The molecule has 1 amide bonds. The number of nitrogens with zero attached hydrogens (tertiary/aromatic N) is 4. The molecule has 0 unspecified atom stereocenters. The van der Waals surface area contributed by atoms with E-state index in [2.05, 4.69) is 25.2 Å². The Balaban J connectivity index is 1.66. The first kappa shape index (κ1) is 13.1. The fourth-order valence-corrected chi connectivity index (χ4v) is 2.79. The minimum atomic E-state index is -0.206. The van der Waals surface area contributed by atoms with Crippen molar-refractivity contribution in [3.05, 3.63) is 35.4 Å². The Kier molecular flexibility index (Phi) is 3.70. The Morgan fingerprint density at radius 3 is 3.20 bits per heavy atom. The highest BCUT2D eigenvalue weighted by Crippen LogP contribution is 2.18. The van der Waals surface area contributed by atoms with Crippen molar-refractivity contribution in [3.8, 4) is 0 Å². The van der Waals surface area contributed by atoms with Crippen molar-refractivity contribution >= 4 is 22.4 Å². The van der Waals surface area contributed by atoms with Crippen molar-refractivity contribution < 1.29 is 4.79 Å².